The Morgan fingerprint density at radius 1 is 0.886 bits per heavy atom. The molecule has 0 radical (unpaired) electrons. The molecule has 2 aromatic rings. The maximum Gasteiger partial charge on any atom is 0.256 e. The predicted octanol–water partition coefficient (Wildman–Crippen LogP) is 4.78. The molecule has 6 nitrogen and oxygen atoms in total. The monoisotopic (exact) mass is 491 g/mol. The average Bonchev–Trinajstić information content (AvgIpc) is 2.82. The molecule has 7 heteroatoms. The Morgan fingerprint density at radius 2 is 1.51 bits per heavy atom. The van der Waals surface area contributed by atoms with Crippen LogP contribution >= 0.6 is 11.8 Å². The number of carbonyl (C=O) groups excluding carboxylic acids is 3. The van der Waals surface area contributed by atoms with Crippen molar-refractivity contribution < 1.29 is 14.4 Å². The lowest BCUT2D eigenvalue weighted by atomic mass is 9.53. The maximum atomic E-state index is 13.2. The first-order valence-electron chi connectivity index (χ1n) is 12.5. The number of hydrogen-bond acceptors (Lipinski definition) is 4. The Labute approximate surface area is 211 Å². The molecule has 0 saturated heterocycles. The highest BCUT2D eigenvalue weighted by molar-refractivity contribution is 8.00. The summed E-state index contributed by atoms with van der Waals surface area (Å²) in [6.45, 7) is 1.82. The smallest absolute Gasteiger partial charge is 0.256 e. The van der Waals surface area contributed by atoms with Gasteiger partial charge in [0.25, 0.3) is 11.8 Å². The second kappa shape index (κ2) is 9.69. The van der Waals surface area contributed by atoms with Crippen LogP contribution in [0.25, 0.3) is 0 Å². The molecule has 0 unspecified atom stereocenters. The summed E-state index contributed by atoms with van der Waals surface area (Å²) in [6.07, 6.45) is 7.42. The van der Waals surface area contributed by atoms with E-state index in [1.165, 1.54) is 31.0 Å². The number of amides is 3. The minimum atomic E-state index is -0.258. The third-order valence-corrected chi connectivity index (χ3v) is 9.06. The minimum absolute atomic E-state index is 0.00336. The van der Waals surface area contributed by atoms with Crippen LogP contribution in [0.15, 0.2) is 47.4 Å². The fraction of sp³-hybridized carbons (Fsp3) is 0.464. The molecule has 3 amide bonds. The molecule has 4 bridgehead atoms. The lowest BCUT2D eigenvalue weighted by Crippen LogP contribution is -2.60. The molecule has 4 fully saturated rings. The van der Waals surface area contributed by atoms with E-state index in [4.69, 9.17) is 0 Å². The van der Waals surface area contributed by atoms with Crippen LogP contribution in [0.3, 0.4) is 0 Å². The first-order valence-corrected chi connectivity index (χ1v) is 13.5. The first-order chi connectivity index (χ1) is 16.9. The molecule has 0 aromatic heterocycles. The molecule has 2 aromatic carbocycles. The highest BCUT2D eigenvalue weighted by Gasteiger charge is 2.51. The fourth-order valence-corrected chi connectivity index (χ4v) is 7.71. The Morgan fingerprint density at radius 3 is 2.17 bits per heavy atom. The van der Waals surface area contributed by atoms with Gasteiger partial charge in [0.2, 0.25) is 5.91 Å². The summed E-state index contributed by atoms with van der Waals surface area (Å²) in [4.78, 5) is 39.0. The Hall–Kier alpha value is -2.80. The van der Waals surface area contributed by atoms with Crippen LogP contribution in [-0.4, -0.2) is 36.1 Å². The summed E-state index contributed by atoms with van der Waals surface area (Å²) in [7, 11) is 1.58. The van der Waals surface area contributed by atoms with E-state index in [1.54, 1.807) is 31.3 Å². The zero-order valence-corrected chi connectivity index (χ0v) is 21.2. The van der Waals surface area contributed by atoms with Crippen LogP contribution in [0.2, 0.25) is 0 Å². The minimum Gasteiger partial charge on any atom is -0.355 e. The second-order valence-electron chi connectivity index (χ2n) is 10.5. The molecule has 0 aliphatic heterocycles. The van der Waals surface area contributed by atoms with Crippen molar-refractivity contribution in [3.05, 3.63) is 59.2 Å². The van der Waals surface area contributed by atoms with Gasteiger partial charge in [-0.25, -0.2) is 0 Å². The summed E-state index contributed by atoms with van der Waals surface area (Å²) in [5.41, 5.74) is 2.34. The third kappa shape index (κ3) is 4.96. The van der Waals surface area contributed by atoms with E-state index >= 15 is 0 Å². The molecule has 6 rings (SSSR count). The summed E-state index contributed by atoms with van der Waals surface area (Å²) in [6, 6.07) is 12.6. The van der Waals surface area contributed by atoms with Gasteiger partial charge in [-0.2, -0.15) is 0 Å². The van der Waals surface area contributed by atoms with E-state index in [-0.39, 0.29) is 29.0 Å². The Kier molecular flexibility index (Phi) is 6.62. The van der Waals surface area contributed by atoms with Crippen molar-refractivity contribution in [2.45, 2.75) is 55.9 Å². The van der Waals surface area contributed by atoms with E-state index in [2.05, 4.69) is 16.0 Å². The molecule has 4 saturated carbocycles. The van der Waals surface area contributed by atoms with Gasteiger partial charge < -0.3 is 16.0 Å². The van der Waals surface area contributed by atoms with Crippen LogP contribution in [0, 0.1) is 24.7 Å². The third-order valence-electron chi connectivity index (χ3n) is 7.99. The first kappa shape index (κ1) is 23.9. The van der Waals surface area contributed by atoms with Crippen molar-refractivity contribution in [3.63, 3.8) is 0 Å². The molecule has 0 heterocycles. The summed E-state index contributed by atoms with van der Waals surface area (Å²) >= 11 is 1.40. The van der Waals surface area contributed by atoms with Crippen molar-refractivity contribution in [1.29, 1.82) is 0 Å². The van der Waals surface area contributed by atoms with Crippen molar-refractivity contribution in [2.75, 3.05) is 18.1 Å². The highest BCUT2D eigenvalue weighted by atomic mass is 32.2. The topological polar surface area (TPSA) is 87.3 Å². The average molecular weight is 492 g/mol. The standard InChI is InChI=1S/C28H33N3O3S/c1-17-21(26(33)29-2)7-5-8-23(17)30-27(34)22-6-3-4-9-24(22)35-16-25(32)31-28-13-18-10-19(14-28)12-20(11-18)15-28/h3-9,18-20H,10-16H2,1-2H3,(H,29,33)(H,30,34)(H,31,32). The Bertz CT molecular complexity index is 1130. The molecule has 3 N–H and O–H groups in total. The number of benzene rings is 2. The van der Waals surface area contributed by atoms with E-state index in [0.717, 1.165) is 41.9 Å². The highest BCUT2D eigenvalue weighted by Crippen LogP contribution is 2.55. The number of carbonyl (C=O) groups is 3. The molecule has 184 valence electrons. The quantitative estimate of drug-likeness (QED) is 0.486. The van der Waals surface area contributed by atoms with E-state index < -0.39 is 0 Å². The van der Waals surface area contributed by atoms with Gasteiger partial charge in [0.05, 0.1) is 11.3 Å². The number of anilines is 1. The zero-order valence-electron chi connectivity index (χ0n) is 20.4. The van der Waals surface area contributed by atoms with E-state index in [1.807, 2.05) is 25.1 Å². The number of thioether (sulfide) groups is 1. The van der Waals surface area contributed by atoms with Crippen LogP contribution in [-0.2, 0) is 4.79 Å². The molecule has 0 spiro atoms. The van der Waals surface area contributed by atoms with E-state index in [9.17, 15) is 14.4 Å². The number of rotatable bonds is 7. The van der Waals surface area contributed by atoms with Gasteiger partial charge in [0.15, 0.2) is 0 Å². The lowest BCUT2D eigenvalue weighted by Gasteiger charge is -2.56. The van der Waals surface area contributed by atoms with Crippen LogP contribution in [0.5, 0.6) is 0 Å². The van der Waals surface area contributed by atoms with Gasteiger partial charge in [-0.3, -0.25) is 14.4 Å². The van der Waals surface area contributed by atoms with Crippen LogP contribution < -0.4 is 16.0 Å². The van der Waals surface area contributed by atoms with Crippen molar-refractivity contribution in [2.24, 2.45) is 17.8 Å². The molecular formula is C28H33N3O3S. The summed E-state index contributed by atoms with van der Waals surface area (Å²) in [5, 5.41) is 8.98. The molecule has 4 aliphatic carbocycles. The van der Waals surface area contributed by atoms with Gasteiger partial charge in [-0.15, -0.1) is 11.8 Å². The van der Waals surface area contributed by atoms with Crippen LogP contribution in [0.1, 0.15) is 64.8 Å². The van der Waals surface area contributed by atoms with E-state index in [0.29, 0.717) is 22.4 Å². The molecule has 0 atom stereocenters. The van der Waals surface area contributed by atoms with Crippen LogP contribution in [0.4, 0.5) is 5.69 Å². The van der Waals surface area contributed by atoms with Gasteiger partial charge in [-0.05, 0) is 93.0 Å². The lowest BCUT2D eigenvalue weighted by molar-refractivity contribution is -0.124. The Balaban J connectivity index is 1.24. The molecule has 35 heavy (non-hydrogen) atoms. The van der Waals surface area contributed by atoms with Crippen molar-refractivity contribution >= 4 is 35.2 Å². The van der Waals surface area contributed by atoms with Gasteiger partial charge in [0, 0.05) is 28.7 Å². The largest absolute Gasteiger partial charge is 0.355 e. The zero-order chi connectivity index (χ0) is 24.6. The summed E-state index contributed by atoms with van der Waals surface area (Å²) < 4.78 is 0. The number of nitrogens with one attached hydrogen (secondary N) is 3. The molecular weight excluding hydrogens is 458 g/mol. The van der Waals surface area contributed by atoms with Gasteiger partial charge in [-0.1, -0.05) is 18.2 Å². The van der Waals surface area contributed by atoms with Crippen molar-refractivity contribution in [1.82, 2.24) is 10.6 Å². The summed E-state index contributed by atoms with van der Waals surface area (Å²) in [5.74, 6) is 2.24. The predicted molar refractivity (Wildman–Crippen MR) is 139 cm³/mol. The van der Waals surface area contributed by atoms with Gasteiger partial charge >= 0.3 is 0 Å². The maximum absolute atomic E-state index is 13.2. The second-order valence-corrected chi connectivity index (χ2v) is 11.6. The fourth-order valence-electron chi connectivity index (χ4n) is 6.86. The van der Waals surface area contributed by atoms with Crippen molar-refractivity contribution in [3.8, 4) is 0 Å². The SMILES string of the molecule is CNC(=O)c1cccc(NC(=O)c2ccccc2SCC(=O)NC23CC4CC(CC(C4)C2)C3)c1C. The molecule has 4 aliphatic rings. The number of hydrogen-bond donors (Lipinski definition) is 3. The van der Waals surface area contributed by atoms with Gasteiger partial charge in [0.1, 0.15) is 0 Å². The normalized spacial score (nSPS) is 26.3.